The molecular weight excluding hydrogens is 547 g/mol. The maximum absolute atomic E-state index is 14.7. The minimum atomic E-state index is -3.91. The second-order valence-corrected chi connectivity index (χ2v) is 10.2. The molecule has 1 N–H and O–H groups in total. The molecule has 1 aromatic heterocycles. The van der Waals surface area contributed by atoms with Crippen LogP contribution in [-0.4, -0.2) is 30.4 Å². The van der Waals surface area contributed by atoms with E-state index >= 15 is 0 Å². The molecule has 3 aromatic carbocycles. The van der Waals surface area contributed by atoms with Crippen molar-refractivity contribution >= 4 is 61.6 Å². The Morgan fingerprint density at radius 1 is 1.09 bits per heavy atom. The van der Waals surface area contributed by atoms with E-state index in [4.69, 9.17) is 39.5 Å². The van der Waals surface area contributed by atoms with Crippen molar-refractivity contribution in [3.63, 3.8) is 0 Å². The molecule has 0 spiro atoms. The predicted octanol–water partition coefficient (Wildman–Crippen LogP) is 5.53. The Morgan fingerprint density at radius 3 is 2.49 bits per heavy atom. The van der Waals surface area contributed by atoms with Crippen LogP contribution in [0, 0.1) is 11.6 Å². The summed E-state index contributed by atoms with van der Waals surface area (Å²) < 4.78 is 59.7. The summed E-state index contributed by atoms with van der Waals surface area (Å²) in [5.74, 6) is -2.43. The highest BCUT2D eigenvalue weighted by molar-refractivity contribution is 7.89. The van der Waals surface area contributed by atoms with Gasteiger partial charge in [0, 0.05) is 11.6 Å². The highest BCUT2D eigenvalue weighted by Gasteiger charge is 2.22. The van der Waals surface area contributed by atoms with Crippen LogP contribution in [0.4, 0.5) is 8.78 Å². The highest BCUT2D eigenvalue weighted by atomic mass is 35.5. The Balaban J connectivity index is 1.72. The Kier molecular flexibility index (Phi) is 6.92. The van der Waals surface area contributed by atoms with Crippen LogP contribution in [0.3, 0.4) is 0 Å². The lowest BCUT2D eigenvalue weighted by Gasteiger charge is -2.11. The number of nitrogens with one attached hydrogen (secondary N) is 1. The smallest absolute Gasteiger partial charge is 0.267 e. The molecule has 4 rings (SSSR count). The molecule has 4 aromatic rings. The van der Waals surface area contributed by atoms with E-state index in [2.05, 4.69) is 5.10 Å². The van der Waals surface area contributed by atoms with Gasteiger partial charge < -0.3 is 4.74 Å². The number of ether oxygens (including phenoxy) is 1. The van der Waals surface area contributed by atoms with Crippen LogP contribution in [0.1, 0.15) is 15.9 Å². The van der Waals surface area contributed by atoms with Crippen molar-refractivity contribution in [1.82, 2.24) is 14.5 Å². The van der Waals surface area contributed by atoms with Crippen molar-refractivity contribution in [2.45, 2.75) is 6.61 Å². The third-order valence-electron chi connectivity index (χ3n) is 4.84. The Labute approximate surface area is 213 Å². The van der Waals surface area contributed by atoms with Gasteiger partial charge in [-0.1, -0.05) is 53.0 Å². The normalized spacial score (nSPS) is 11.6. The standard InChI is InChI=1S/C22H14Cl3F2N3O4S/c1-35(32,33)29-22(31)12-8-13(23)17(9-15(12)27)30-16-6-7-18(20(24)19(16)21(25)28-30)34-10-11-4-2-3-5-14(11)26/h2-9H,10H2,1H3,(H,29,31). The van der Waals surface area contributed by atoms with Gasteiger partial charge in [0.2, 0.25) is 10.0 Å². The summed E-state index contributed by atoms with van der Waals surface area (Å²) in [6, 6.07) is 11.1. The Morgan fingerprint density at radius 2 is 1.80 bits per heavy atom. The van der Waals surface area contributed by atoms with Crippen LogP contribution in [-0.2, 0) is 16.6 Å². The topological polar surface area (TPSA) is 90.3 Å². The van der Waals surface area contributed by atoms with E-state index in [-0.39, 0.29) is 38.6 Å². The summed E-state index contributed by atoms with van der Waals surface area (Å²) in [5, 5.41) is 4.38. The van der Waals surface area contributed by atoms with Crippen molar-refractivity contribution in [3.05, 3.63) is 86.5 Å². The van der Waals surface area contributed by atoms with Crippen LogP contribution in [0.15, 0.2) is 48.5 Å². The maximum Gasteiger partial charge on any atom is 0.267 e. The van der Waals surface area contributed by atoms with E-state index in [0.717, 1.165) is 18.4 Å². The van der Waals surface area contributed by atoms with Gasteiger partial charge in [-0.15, -0.1) is 0 Å². The number of benzene rings is 3. The second-order valence-electron chi connectivity index (χ2n) is 7.34. The van der Waals surface area contributed by atoms with Gasteiger partial charge >= 0.3 is 0 Å². The van der Waals surface area contributed by atoms with Gasteiger partial charge in [0.05, 0.1) is 38.5 Å². The summed E-state index contributed by atoms with van der Waals surface area (Å²) in [6.45, 7) is -0.0856. The number of sulfonamides is 1. The van der Waals surface area contributed by atoms with E-state index in [1.165, 1.54) is 16.8 Å². The molecule has 0 saturated carbocycles. The summed E-state index contributed by atoms with van der Waals surface area (Å²) in [6.07, 6.45) is 0.759. The average Bonchev–Trinajstić information content (AvgIpc) is 3.11. The highest BCUT2D eigenvalue weighted by Crippen LogP contribution is 2.39. The molecule has 1 heterocycles. The molecule has 13 heteroatoms. The minimum absolute atomic E-state index is 0.0214. The van der Waals surface area contributed by atoms with E-state index in [1.54, 1.807) is 29.0 Å². The first-order valence-corrected chi connectivity index (χ1v) is 12.7. The van der Waals surface area contributed by atoms with Crippen molar-refractivity contribution < 1.29 is 26.7 Å². The van der Waals surface area contributed by atoms with E-state index < -0.39 is 33.1 Å². The number of aromatic nitrogens is 2. The molecule has 0 aliphatic carbocycles. The molecule has 0 atom stereocenters. The first-order valence-electron chi connectivity index (χ1n) is 9.70. The Hall–Kier alpha value is -2.92. The molecule has 0 fully saturated rings. The van der Waals surface area contributed by atoms with Crippen LogP contribution in [0.25, 0.3) is 16.6 Å². The molecule has 0 radical (unpaired) electrons. The van der Waals surface area contributed by atoms with E-state index in [9.17, 15) is 22.0 Å². The number of amides is 1. The number of nitrogens with zero attached hydrogens (tertiary/aromatic N) is 2. The van der Waals surface area contributed by atoms with Crippen LogP contribution >= 0.6 is 34.8 Å². The number of carbonyl (C=O) groups excluding carboxylic acids is 1. The number of rotatable bonds is 6. The van der Waals surface area contributed by atoms with Crippen molar-refractivity contribution in [3.8, 4) is 11.4 Å². The third kappa shape index (κ3) is 5.20. The third-order valence-corrected chi connectivity index (χ3v) is 6.33. The van der Waals surface area contributed by atoms with Gasteiger partial charge in [0.1, 0.15) is 24.0 Å². The zero-order chi connectivity index (χ0) is 25.5. The minimum Gasteiger partial charge on any atom is -0.487 e. The number of halogens is 5. The molecule has 0 saturated heterocycles. The van der Waals surface area contributed by atoms with Crippen LogP contribution in [0.5, 0.6) is 5.75 Å². The van der Waals surface area contributed by atoms with E-state index in [1.807, 2.05) is 0 Å². The molecule has 35 heavy (non-hydrogen) atoms. The number of fused-ring (bicyclic) bond motifs is 1. The number of carbonyl (C=O) groups is 1. The zero-order valence-corrected chi connectivity index (χ0v) is 20.7. The first kappa shape index (κ1) is 25.2. The predicted molar refractivity (Wildman–Crippen MR) is 129 cm³/mol. The van der Waals surface area contributed by atoms with Crippen molar-refractivity contribution in [1.29, 1.82) is 0 Å². The molecule has 0 aliphatic heterocycles. The summed E-state index contributed by atoms with van der Waals surface area (Å²) >= 11 is 19.0. The molecule has 182 valence electrons. The molecular formula is C22H14Cl3F2N3O4S. The van der Waals surface area contributed by atoms with Gasteiger partial charge in [-0.25, -0.2) is 26.6 Å². The molecule has 0 bridgehead atoms. The molecule has 1 amide bonds. The Bertz CT molecular complexity index is 1590. The summed E-state index contributed by atoms with van der Waals surface area (Å²) in [7, 11) is -3.91. The van der Waals surface area contributed by atoms with Crippen molar-refractivity contribution in [2.75, 3.05) is 6.26 Å². The maximum atomic E-state index is 14.7. The van der Waals surface area contributed by atoms with Gasteiger partial charge in [0.15, 0.2) is 5.15 Å². The zero-order valence-electron chi connectivity index (χ0n) is 17.7. The van der Waals surface area contributed by atoms with Gasteiger partial charge in [0.25, 0.3) is 5.91 Å². The van der Waals surface area contributed by atoms with Gasteiger partial charge in [-0.3, -0.25) is 4.79 Å². The lowest BCUT2D eigenvalue weighted by atomic mass is 10.1. The fraction of sp³-hybridized carbons (Fsp3) is 0.0909. The van der Waals surface area contributed by atoms with Crippen LogP contribution < -0.4 is 9.46 Å². The molecule has 0 aliphatic rings. The first-order chi connectivity index (χ1) is 16.5. The molecule has 0 unspecified atom stereocenters. The summed E-state index contributed by atoms with van der Waals surface area (Å²) in [5.41, 5.74) is 0.113. The van der Waals surface area contributed by atoms with Crippen molar-refractivity contribution in [2.24, 2.45) is 0 Å². The lowest BCUT2D eigenvalue weighted by molar-refractivity contribution is 0.0978. The average molecular weight is 561 g/mol. The van der Waals surface area contributed by atoms with Crippen LogP contribution in [0.2, 0.25) is 15.2 Å². The van der Waals surface area contributed by atoms with Gasteiger partial charge in [-0.2, -0.15) is 5.10 Å². The molecule has 7 nitrogen and oxygen atoms in total. The lowest BCUT2D eigenvalue weighted by Crippen LogP contribution is -2.30. The SMILES string of the molecule is CS(=O)(=O)NC(=O)c1cc(Cl)c(-n2nc(Cl)c3c(Cl)c(OCc4ccccc4F)ccc32)cc1F. The monoisotopic (exact) mass is 559 g/mol. The quantitative estimate of drug-likeness (QED) is 0.335. The summed E-state index contributed by atoms with van der Waals surface area (Å²) in [4.78, 5) is 12.1. The largest absolute Gasteiger partial charge is 0.487 e. The fourth-order valence-electron chi connectivity index (χ4n) is 3.27. The van der Waals surface area contributed by atoms with E-state index in [0.29, 0.717) is 11.1 Å². The van der Waals surface area contributed by atoms with Gasteiger partial charge in [-0.05, 0) is 24.3 Å². The fourth-order valence-corrected chi connectivity index (χ4v) is 4.58. The number of hydrogen-bond acceptors (Lipinski definition) is 5. The second kappa shape index (κ2) is 9.62. The number of hydrogen-bond donors (Lipinski definition) is 1.